The second-order valence-electron chi connectivity index (χ2n) is 4.47. The van der Waals surface area contributed by atoms with E-state index in [0.29, 0.717) is 12.4 Å². The molecule has 0 bridgehead atoms. The van der Waals surface area contributed by atoms with Crippen LogP contribution in [0.3, 0.4) is 0 Å². The molecule has 0 unspecified atom stereocenters. The van der Waals surface area contributed by atoms with Gasteiger partial charge in [-0.05, 0) is 31.5 Å². The van der Waals surface area contributed by atoms with E-state index in [1.54, 1.807) is 7.11 Å². The largest absolute Gasteiger partial charge is 0.380 e. The lowest BCUT2D eigenvalue weighted by molar-refractivity contribution is 0.185. The summed E-state index contributed by atoms with van der Waals surface area (Å²) in [7, 11) is 0.549. The lowest BCUT2D eigenvalue weighted by Crippen LogP contribution is -2.07. The first-order valence-corrected chi connectivity index (χ1v) is 7.82. The van der Waals surface area contributed by atoms with Crippen LogP contribution in [-0.2, 0) is 34.4 Å². The van der Waals surface area contributed by atoms with E-state index in [1.807, 2.05) is 42.7 Å². The summed E-state index contributed by atoms with van der Waals surface area (Å²) in [6.45, 7) is 5.29. The Morgan fingerprint density at radius 2 is 1.95 bits per heavy atom. The molecule has 0 aliphatic rings. The van der Waals surface area contributed by atoms with Crippen LogP contribution >= 0.6 is 0 Å². The molecule has 0 amide bonds. The highest BCUT2D eigenvalue weighted by Gasteiger charge is 2.12. The van der Waals surface area contributed by atoms with Crippen molar-refractivity contribution in [2.75, 3.05) is 7.11 Å². The van der Waals surface area contributed by atoms with Crippen LogP contribution in [-0.4, -0.2) is 26.1 Å². The topological polar surface area (TPSA) is 57.0 Å². The third-order valence-electron chi connectivity index (χ3n) is 3.09. The van der Waals surface area contributed by atoms with Crippen LogP contribution in [0, 0.1) is 6.92 Å². The van der Waals surface area contributed by atoms with E-state index >= 15 is 0 Å². The van der Waals surface area contributed by atoms with Crippen molar-refractivity contribution >= 4 is 10.8 Å². The highest BCUT2D eigenvalue weighted by molar-refractivity contribution is 7.84. The van der Waals surface area contributed by atoms with Crippen LogP contribution < -0.4 is 0 Å². The molecule has 0 spiro atoms. The van der Waals surface area contributed by atoms with Crippen molar-refractivity contribution in [3.63, 3.8) is 0 Å². The maximum absolute atomic E-state index is 12.4. The lowest BCUT2D eigenvalue weighted by Gasteiger charge is -2.06. The Hall–Kier alpha value is -1.53. The van der Waals surface area contributed by atoms with E-state index in [0.717, 1.165) is 28.7 Å². The molecule has 2 rings (SSSR count). The van der Waals surface area contributed by atoms with Gasteiger partial charge in [0.15, 0.2) is 0 Å². The predicted octanol–water partition coefficient (Wildman–Crippen LogP) is 2.06. The van der Waals surface area contributed by atoms with E-state index in [-0.39, 0.29) is 0 Å². The van der Waals surface area contributed by atoms with Crippen molar-refractivity contribution in [2.24, 2.45) is 0 Å². The molecule has 0 saturated carbocycles. The van der Waals surface area contributed by atoms with E-state index < -0.39 is 10.8 Å². The molecule has 1 aromatic heterocycles. The Bertz CT molecular complexity index is 593. The maximum atomic E-state index is 12.4. The fraction of sp³-hybridized carbons (Fsp3) is 0.429. The number of aromatic nitrogens is 3. The zero-order valence-corrected chi connectivity index (χ0v) is 12.8. The van der Waals surface area contributed by atoms with Gasteiger partial charge in [-0.3, -0.25) is 4.21 Å². The Labute approximate surface area is 121 Å². The quantitative estimate of drug-likeness (QED) is 0.818. The van der Waals surface area contributed by atoms with Gasteiger partial charge >= 0.3 is 0 Å². The van der Waals surface area contributed by atoms with Crippen LogP contribution in [0.5, 0.6) is 0 Å². The van der Waals surface area contributed by atoms with Crippen LogP contribution in [0.25, 0.3) is 0 Å². The molecule has 1 atom stereocenters. The number of hydrogen-bond acceptors (Lipinski definition) is 4. The Morgan fingerprint density at radius 1 is 1.25 bits per heavy atom. The standard InChI is InChI=1S/C14H19N3O2S/c1-4-17-11(2)15-16-14(17)10-20(18)13-7-5-12(6-8-13)9-19-3/h5-8H,4,9-10H2,1-3H3/t20-/m0/s1. The minimum absolute atomic E-state index is 0.387. The van der Waals surface area contributed by atoms with E-state index in [9.17, 15) is 4.21 Å². The summed E-state index contributed by atoms with van der Waals surface area (Å²) < 4.78 is 19.4. The van der Waals surface area contributed by atoms with Crippen molar-refractivity contribution in [2.45, 2.75) is 37.6 Å². The molecule has 2 aromatic rings. The summed E-state index contributed by atoms with van der Waals surface area (Å²) in [5.41, 5.74) is 1.07. The zero-order chi connectivity index (χ0) is 14.5. The molecule has 0 aliphatic carbocycles. The highest BCUT2D eigenvalue weighted by atomic mass is 32.2. The minimum atomic E-state index is -1.11. The lowest BCUT2D eigenvalue weighted by atomic mass is 10.2. The number of aryl methyl sites for hydroxylation is 1. The molecule has 20 heavy (non-hydrogen) atoms. The average molecular weight is 293 g/mol. The van der Waals surface area contributed by atoms with Crippen LogP contribution in [0.4, 0.5) is 0 Å². The molecule has 0 N–H and O–H groups in total. The van der Waals surface area contributed by atoms with Gasteiger partial charge in [-0.25, -0.2) is 0 Å². The zero-order valence-electron chi connectivity index (χ0n) is 12.0. The summed E-state index contributed by atoms with van der Waals surface area (Å²) in [5, 5.41) is 8.13. The van der Waals surface area contributed by atoms with Gasteiger partial charge in [-0.2, -0.15) is 0 Å². The van der Waals surface area contributed by atoms with Crippen LogP contribution in [0.2, 0.25) is 0 Å². The normalized spacial score (nSPS) is 12.6. The van der Waals surface area contributed by atoms with Crippen molar-refractivity contribution < 1.29 is 8.95 Å². The van der Waals surface area contributed by atoms with Crippen LogP contribution in [0.1, 0.15) is 24.1 Å². The van der Waals surface area contributed by atoms with Crippen molar-refractivity contribution in [1.29, 1.82) is 0 Å². The number of nitrogens with zero attached hydrogens (tertiary/aromatic N) is 3. The van der Waals surface area contributed by atoms with Gasteiger partial charge in [0.05, 0.1) is 23.2 Å². The Balaban J connectivity index is 2.11. The molecule has 0 fully saturated rings. The smallest absolute Gasteiger partial charge is 0.146 e. The van der Waals surface area contributed by atoms with Crippen molar-refractivity contribution in [3.05, 3.63) is 41.5 Å². The van der Waals surface area contributed by atoms with E-state index in [4.69, 9.17) is 4.74 Å². The molecule has 6 heteroatoms. The van der Waals surface area contributed by atoms with Gasteiger partial charge in [-0.15, -0.1) is 10.2 Å². The van der Waals surface area contributed by atoms with E-state index in [1.165, 1.54) is 0 Å². The molecule has 0 radical (unpaired) electrons. The SMILES string of the molecule is CCn1c(C)nnc1C[S@](=O)c1ccc(COC)cc1. The van der Waals surface area contributed by atoms with Gasteiger partial charge in [0.25, 0.3) is 0 Å². The first kappa shape index (κ1) is 14.9. The summed E-state index contributed by atoms with van der Waals surface area (Å²) in [6.07, 6.45) is 0. The molecule has 5 nitrogen and oxygen atoms in total. The minimum Gasteiger partial charge on any atom is -0.380 e. The number of benzene rings is 1. The number of hydrogen-bond donors (Lipinski definition) is 0. The highest BCUT2D eigenvalue weighted by Crippen LogP contribution is 2.14. The Morgan fingerprint density at radius 3 is 2.55 bits per heavy atom. The van der Waals surface area contributed by atoms with Gasteiger partial charge < -0.3 is 9.30 Å². The molecule has 1 heterocycles. The first-order valence-electron chi connectivity index (χ1n) is 6.50. The summed E-state index contributed by atoms with van der Waals surface area (Å²) in [5.74, 6) is 2.01. The monoisotopic (exact) mass is 293 g/mol. The summed E-state index contributed by atoms with van der Waals surface area (Å²) in [6, 6.07) is 7.63. The summed E-state index contributed by atoms with van der Waals surface area (Å²) in [4.78, 5) is 0.799. The van der Waals surface area contributed by atoms with Gasteiger partial charge in [-0.1, -0.05) is 12.1 Å². The van der Waals surface area contributed by atoms with Gasteiger partial charge in [0.2, 0.25) is 0 Å². The maximum Gasteiger partial charge on any atom is 0.146 e. The third kappa shape index (κ3) is 3.32. The Kier molecular flexibility index (Phi) is 5.03. The van der Waals surface area contributed by atoms with Crippen molar-refractivity contribution in [3.8, 4) is 0 Å². The van der Waals surface area contributed by atoms with Gasteiger partial charge in [0, 0.05) is 18.6 Å². The molecule has 108 valence electrons. The third-order valence-corrected chi connectivity index (χ3v) is 4.40. The fourth-order valence-electron chi connectivity index (χ4n) is 2.05. The summed E-state index contributed by atoms with van der Waals surface area (Å²) >= 11 is 0. The molecular formula is C14H19N3O2S. The fourth-order valence-corrected chi connectivity index (χ4v) is 3.10. The second-order valence-corrected chi connectivity index (χ2v) is 5.93. The number of ether oxygens (including phenoxy) is 1. The van der Waals surface area contributed by atoms with Gasteiger partial charge in [0.1, 0.15) is 11.6 Å². The molecule has 0 saturated heterocycles. The second kappa shape index (κ2) is 6.76. The first-order chi connectivity index (χ1) is 9.65. The predicted molar refractivity (Wildman–Crippen MR) is 77.7 cm³/mol. The molecular weight excluding hydrogens is 274 g/mol. The molecule has 0 aliphatic heterocycles. The number of rotatable bonds is 6. The average Bonchev–Trinajstić information content (AvgIpc) is 2.80. The van der Waals surface area contributed by atoms with Crippen molar-refractivity contribution in [1.82, 2.24) is 14.8 Å². The number of methoxy groups -OCH3 is 1. The molecule has 1 aromatic carbocycles. The van der Waals surface area contributed by atoms with Crippen LogP contribution in [0.15, 0.2) is 29.2 Å². The van der Waals surface area contributed by atoms with E-state index in [2.05, 4.69) is 10.2 Å².